The second-order valence-electron chi connectivity index (χ2n) is 3.01. The van der Waals surface area contributed by atoms with Crippen LogP contribution in [0, 0.1) is 0 Å². The van der Waals surface area contributed by atoms with Gasteiger partial charge in [0.2, 0.25) is 0 Å². The first-order chi connectivity index (χ1) is 7.29. The molecule has 0 radical (unpaired) electrons. The zero-order valence-corrected chi connectivity index (χ0v) is 9.03. The van der Waals surface area contributed by atoms with Crippen LogP contribution < -0.4 is 0 Å². The Kier molecular flexibility index (Phi) is 2.82. The van der Waals surface area contributed by atoms with E-state index in [2.05, 4.69) is 9.84 Å². The van der Waals surface area contributed by atoms with Gasteiger partial charge in [-0.25, -0.2) is 0 Å². The molecule has 0 aromatic carbocycles. The Hall–Kier alpha value is -1.62. The average molecular weight is 222 g/mol. The molecule has 0 N–H and O–H groups in total. The minimum atomic E-state index is -0.296. The predicted octanol–water partition coefficient (Wildman–Crippen LogP) is 1.78. The average Bonchev–Trinajstić information content (AvgIpc) is 2.85. The van der Waals surface area contributed by atoms with Crippen molar-refractivity contribution in [2.45, 2.75) is 6.54 Å². The van der Waals surface area contributed by atoms with Gasteiger partial charge in [-0.1, -0.05) is 0 Å². The Balaban J connectivity index is 2.14. The minimum Gasteiger partial charge on any atom is -0.468 e. The van der Waals surface area contributed by atoms with Crippen LogP contribution in [-0.2, 0) is 16.1 Å². The molecule has 2 aromatic rings. The molecule has 78 valence electrons. The molecule has 4 nitrogen and oxygen atoms in total. The smallest absolute Gasteiger partial charge is 0.327 e. The number of rotatable bonds is 3. The van der Waals surface area contributed by atoms with Gasteiger partial charge < -0.3 is 4.74 Å². The molecule has 0 saturated carbocycles. The van der Waals surface area contributed by atoms with Gasteiger partial charge in [0.1, 0.15) is 6.54 Å². The molecule has 0 unspecified atom stereocenters. The molecule has 0 aliphatic carbocycles. The summed E-state index contributed by atoms with van der Waals surface area (Å²) in [6, 6.07) is 2.02. The summed E-state index contributed by atoms with van der Waals surface area (Å²) < 4.78 is 6.12. The summed E-state index contributed by atoms with van der Waals surface area (Å²) in [6.07, 6.45) is 3.57. The number of thiophene rings is 1. The van der Waals surface area contributed by atoms with E-state index in [1.54, 1.807) is 22.2 Å². The zero-order chi connectivity index (χ0) is 10.7. The van der Waals surface area contributed by atoms with E-state index in [9.17, 15) is 4.79 Å². The molecular weight excluding hydrogens is 212 g/mol. The van der Waals surface area contributed by atoms with Gasteiger partial charge in [0.05, 0.1) is 13.3 Å². The SMILES string of the molecule is COC(=O)Cn1cc(-c2ccsc2)cn1. The van der Waals surface area contributed by atoms with E-state index in [0.717, 1.165) is 11.1 Å². The predicted molar refractivity (Wildman–Crippen MR) is 57.6 cm³/mol. The standard InChI is InChI=1S/C10H10N2O2S/c1-14-10(13)6-12-5-9(4-11-12)8-2-3-15-7-8/h2-5,7H,6H2,1H3. The molecule has 2 aromatic heterocycles. The van der Waals surface area contributed by atoms with Crippen LogP contribution in [0.5, 0.6) is 0 Å². The second kappa shape index (κ2) is 4.27. The third-order valence-electron chi connectivity index (χ3n) is 2.01. The Bertz CT molecular complexity index is 448. The Labute approximate surface area is 91.1 Å². The number of carbonyl (C=O) groups is 1. The lowest BCUT2D eigenvalue weighted by atomic mass is 10.2. The van der Waals surface area contributed by atoms with E-state index in [-0.39, 0.29) is 12.5 Å². The quantitative estimate of drug-likeness (QED) is 0.743. The van der Waals surface area contributed by atoms with Crippen molar-refractivity contribution in [2.24, 2.45) is 0 Å². The van der Waals surface area contributed by atoms with Crippen molar-refractivity contribution in [3.05, 3.63) is 29.2 Å². The monoisotopic (exact) mass is 222 g/mol. The molecule has 2 heterocycles. The molecule has 0 fully saturated rings. The Morgan fingerprint density at radius 3 is 3.13 bits per heavy atom. The lowest BCUT2D eigenvalue weighted by molar-refractivity contribution is -0.141. The van der Waals surface area contributed by atoms with E-state index >= 15 is 0 Å². The number of hydrogen-bond acceptors (Lipinski definition) is 4. The summed E-state index contributed by atoms with van der Waals surface area (Å²) in [6.45, 7) is 0.153. The fourth-order valence-corrected chi connectivity index (χ4v) is 1.89. The van der Waals surface area contributed by atoms with Crippen molar-refractivity contribution < 1.29 is 9.53 Å². The molecule has 15 heavy (non-hydrogen) atoms. The Morgan fingerprint density at radius 2 is 2.47 bits per heavy atom. The van der Waals surface area contributed by atoms with Crippen LogP contribution in [0.15, 0.2) is 29.2 Å². The van der Waals surface area contributed by atoms with Crippen LogP contribution in [0.2, 0.25) is 0 Å². The molecule has 0 bridgehead atoms. The van der Waals surface area contributed by atoms with Gasteiger partial charge in [0, 0.05) is 11.8 Å². The maximum atomic E-state index is 11.0. The molecule has 0 aliphatic rings. The first-order valence-electron chi connectivity index (χ1n) is 4.41. The van der Waals surface area contributed by atoms with Gasteiger partial charge in [-0.3, -0.25) is 9.48 Å². The number of methoxy groups -OCH3 is 1. The number of carbonyl (C=O) groups excluding carboxylic acids is 1. The Morgan fingerprint density at radius 1 is 1.60 bits per heavy atom. The highest BCUT2D eigenvalue weighted by atomic mass is 32.1. The van der Waals surface area contributed by atoms with Gasteiger partial charge in [-0.15, -0.1) is 0 Å². The van der Waals surface area contributed by atoms with Crippen LogP contribution in [0.3, 0.4) is 0 Å². The summed E-state index contributed by atoms with van der Waals surface area (Å²) >= 11 is 1.63. The van der Waals surface area contributed by atoms with E-state index < -0.39 is 0 Å². The van der Waals surface area contributed by atoms with E-state index in [1.807, 2.05) is 23.0 Å². The van der Waals surface area contributed by atoms with Crippen molar-refractivity contribution in [1.29, 1.82) is 0 Å². The number of esters is 1. The van der Waals surface area contributed by atoms with Gasteiger partial charge in [-0.05, 0) is 22.4 Å². The van der Waals surface area contributed by atoms with Crippen molar-refractivity contribution in [2.75, 3.05) is 7.11 Å². The summed E-state index contributed by atoms with van der Waals surface area (Å²) in [4.78, 5) is 11.0. The first kappa shape index (κ1) is 9.92. The molecule has 5 heteroatoms. The van der Waals surface area contributed by atoms with Crippen molar-refractivity contribution in [3.63, 3.8) is 0 Å². The summed E-state index contributed by atoms with van der Waals surface area (Å²) in [7, 11) is 1.37. The molecule has 0 amide bonds. The highest BCUT2D eigenvalue weighted by Gasteiger charge is 2.05. The highest BCUT2D eigenvalue weighted by Crippen LogP contribution is 2.20. The normalized spacial score (nSPS) is 10.2. The van der Waals surface area contributed by atoms with Crippen LogP contribution in [0.1, 0.15) is 0 Å². The maximum Gasteiger partial charge on any atom is 0.327 e. The summed E-state index contributed by atoms with van der Waals surface area (Å²) in [5.74, 6) is -0.296. The van der Waals surface area contributed by atoms with Crippen LogP contribution in [0.4, 0.5) is 0 Å². The van der Waals surface area contributed by atoms with E-state index in [0.29, 0.717) is 0 Å². The fourth-order valence-electron chi connectivity index (χ4n) is 1.22. The third-order valence-corrected chi connectivity index (χ3v) is 2.69. The maximum absolute atomic E-state index is 11.0. The van der Waals surface area contributed by atoms with Crippen molar-refractivity contribution in [3.8, 4) is 11.1 Å². The van der Waals surface area contributed by atoms with Gasteiger partial charge in [0.25, 0.3) is 0 Å². The molecule has 0 aliphatic heterocycles. The summed E-state index contributed by atoms with van der Waals surface area (Å²) in [5.41, 5.74) is 2.14. The van der Waals surface area contributed by atoms with E-state index in [4.69, 9.17) is 0 Å². The van der Waals surface area contributed by atoms with Gasteiger partial charge in [0.15, 0.2) is 0 Å². The number of ether oxygens (including phenoxy) is 1. The van der Waals surface area contributed by atoms with Gasteiger partial charge >= 0.3 is 5.97 Å². The molecule has 0 atom stereocenters. The third kappa shape index (κ3) is 2.24. The van der Waals surface area contributed by atoms with Crippen LogP contribution >= 0.6 is 11.3 Å². The zero-order valence-electron chi connectivity index (χ0n) is 8.21. The van der Waals surface area contributed by atoms with Crippen LogP contribution in [0.25, 0.3) is 11.1 Å². The van der Waals surface area contributed by atoms with Crippen molar-refractivity contribution in [1.82, 2.24) is 9.78 Å². The summed E-state index contributed by atoms with van der Waals surface area (Å²) in [5, 5.41) is 8.13. The lowest BCUT2D eigenvalue weighted by Gasteiger charge is -1.97. The second-order valence-corrected chi connectivity index (χ2v) is 3.79. The number of nitrogens with zero attached hydrogens (tertiary/aromatic N) is 2. The topological polar surface area (TPSA) is 44.1 Å². The molecule has 2 rings (SSSR count). The van der Waals surface area contributed by atoms with Crippen molar-refractivity contribution >= 4 is 17.3 Å². The number of aromatic nitrogens is 2. The molecular formula is C10H10N2O2S. The van der Waals surface area contributed by atoms with E-state index in [1.165, 1.54) is 7.11 Å². The fraction of sp³-hybridized carbons (Fsp3) is 0.200. The minimum absolute atomic E-state index is 0.153. The highest BCUT2D eigenvalue weighted by molar-refractivity contribution is 7.08. The lowest BCUT2D eigenvalue weighted by Crippen LogP contribution is -2.11. The first-order valence-corrected chi connectivity index (χ1v) is 5.35. The van der Waals surface area contributed by atoms with Gasteiger partial charge in [-0.2, -0.15) is 16.4 Å². The molecule has 0 spiro atoms. The largest absolute Gasteiger partial charge is 0.468 e. The molecule has 0 saturated heterocycles. The number of hydrogen-bond donors (Lipinski definition) is 0. The van der Waals surface area contributed by atoms with Crippen LogP contribution in [-0.4, -0.2) is 22.9 Å².